The molecule has 0 saturated heterocycles. The first-order chi connectivity index (χ1) is 5.65. The molecule has 0 aliphatic carbocycles. The van der Waals surface area contributed by atoms with Gasteiger partial charge in [-0.1, -0.05) is 23.2 Å². The minimum atomic E-state index is 0.228. The van der Waals surface area contributed by atoms with Crippen molar-refractivity contribution in [2.45, 2.75) is 6.42 Å². The number of hydrogen-bond acceptors (Lipinski definition) is 2. The fourth-order valence-electron chi connectivity index (χ4n) is 0.869. The molecule has 0 aliphatic rings. The first kappa shape index (κ1) is 9.18. The molecule has 2 N–H and O–H groups in total. The Balaban J connectivity index is 3.20. The van der Waals surface area contributed by atoms with Crippen LogP contribution in [0.15, 0.2) is 12.1 Å². The van der Waals surface area contributed by atoms with E-state index in [0.29, 0.717) is 21.3 Å². The maximum atomic E-state index is 8.43. The van der Waals surface area contributed by atoms with E-state index in [2.05, 4.69) is 0 Å². The predicted octanol–water partition coefficient (Wildman–Crippen LogP) is 2.64. The molecule has 0 heterocycles. The molecular weight excluding hydrogens is 195 g/mol. The SMILES string of the molecule is N#CCc1cc(Cl)cc(Cl)c1N. The number of nitrogens with two attached hydrogens (primary N) is 1. The van der Waals surface area contributed by atoms with Crippen molar-refractivity contribution >= 4 is 28.9 Å². The second kappa shape index (κ2) is 3.66. The van der Waals surface area contributed by atoms with E-state index in [9.17, 15) is 0 Å². The van der Waals surface area contributed by atoms with Gasteiger partial charge in [0.1, 0.15) is 0 Å². The number of nitrogens with zero attached hydrogens (tertiary/aromatic N) is 1. The standard InChI is InChI=1S/C8H6Cl2N2/c9-6-3-5(1-2-11)8(12)7(10)4-6/h3-4H,1,12H2. The summed E-state index contributed by atoms with van der Waals surface area (Å²) in [6.07, 6.45) is 0.228. The van der Waals surface area contributed by atoms with Gasteiger partial charge in [-0.15, -0.1) is 0 Å². The number of rotatable bonds is 1. The summed E-state index contributed by atoms with van der Waals surface area (Å²) in [5.74, 6) is 0. The number of halogens is 2. The van der Waals surface area contributed by atoms with Crippen molar-refractivity contribution in [3.05, 3.63) is 27.7 Å². The summed E-state index contributed by atoms with van der Waals surface area (Å²) in [6.45, 7) is 0. The van der Waals surface area contributed by atoms with Crippen molar-refractivity contribution in [3.63, 3.8) is 0 Å². The van der Waals surface area contributed by atoms with E-state index < -0.39 is 0 Å². The van der Waals surface area contributed by atoms with Crippen LogP contribution in [-0.4, -0.2) is 0 Å². The van der Waals surface area contributed by atoms with Crippen molar-refractivity contribution in [3.8, 4) is 6.07 Å². The summed E-state index contributed by atoms with van der Waals surface area (Å²) >= 11 is 11.4. The molecular formula is C8H6Cl2N2. The lowest BCUT2D eigenvalue weighted by Crippen LogP contribution is -1.94. The third-order valence-corrected chi connectivity index (χ3v) is 1.98. The zero-order valence-electron chi connectivity index (χ0n) is 6.14. The Morgan fingerprint density at radius 1 is 1.42 bits per heavy atom. The summed E-state index contributed by atoms with van der Waals surface area (Å²) < 4.78 is 0. The molecule has 0 bridgehead atoms. The molecule has 0 unspecified atom stereocenters. The van der Waals surface area contributed by atoms with Gasteiger partial charge in [0.2, 0.25) is 0 Å². The van der Waals surface area contributed by atoms with Crippen LogP contribution in [0.5, 0.6) is 0 Å². The van der Waals surface area contributed by atoms with Gasteiger partial charge in [-0.2, -0.15) is 5.26 Å². The Labute approximate surface area is 80.5 Å². The smallest absolute Gasteiger partial charge is 0.0670 e. The molecule has 4 heteroatoms. The van der Waals surface area contributed by atoms with Gasteiger partial charge in [0.05, 0.1) is 23.2 Å². The third-order valence-electron chi connectivity index (χ3n) is 1.45. The van der Waals surface area contributed by atoms with Crippen LogP contribution in [0.4, 0.5) is 5.69 Å². The average molecular weight is 201 g/mol. The number of hydrogen-bond donors (Lipinski definition) is 1. The first-order valence-electron chi connectivity index (χ1n) is 3.25. The van der Waals surface area contributed by atoms with E-state index in [1.54, 1.807) is 12.1 Å². The maximum Gasteiger partial charge on any atom is 0.0670 e. The molecule has 0 radical (unpaired) electrons. The summed E-state index contributed by atoms with van der Waals surface area (Å²) in [5.41, 5.74) is 6.70. The van der Waals surface area contributed by atoms with Crippen molar-refractivity contribution in [1.29, 1.82) is 5.26 Å². The van der Waals surface area contributed by atoms with Crippen LogP contribution in [0.1, 0.15) is 5.56 Å². The third kappa shape index (κ3) is 1.82. The highest BCUT2D eigenvalue weighted by molar-refractivity contribution is 6.36. The topological polar surface area (TPSA) is 49.8 Å². The number of nitrogen functional groups attached to an aromatic ring is 1. The molecule has 62 valence electrons. The van der Waals surface area contributed by atoms with Crippen LogP contribution in [0.2, 0.25) is 10.0 Å². The number of anilines is 1. The summed E-state index contributed by atoms with van der Waals surface area (Å²) in [6, 6.07) is 5.18. The van der Waals surface area contributed by atoms with Gasteiger partial charge in [-0.05, 0) is 17.7 Å². The van der Waals surface area contributed by atoms with Gasteiger partial charge in [0, 0.05) is 5.02 Å². The largest absolute Gasteiger partial charge is 0.397 e. The fraction of sp³-hybridized carbons (Fsp3) is 0.125. The lowest BCUT2D eigenvalue weighted by molar-refractivity contribution is 1.27. The molecule has 1 rings (SSSR count). The van der Waals surface area contributed by atoms with Gasteiger partial charge in [0.15, 0.2) is 0 Å². The van der Waals surface area contributed by atoms with Gasteiger partial charge < -0.3 is 5.73 Å². The van der Waals surface area contributed by atoms with E-state index in [-0.39, 0.29) is 6.42 Å². The van der Waals surface area contributed by atoms with Crippen molar-refractivity contribution < 1.29 is 0 Å². The first-order valence-corrected chi connectivity index (χ1v) is 4.01. The molecule has 1 aromatic rings. The lowest BCUT2D eigenvalue weighted by Gasteiger charge is -2.03. The monoisotopic (exact) mass is 200 g/mol. The zero-order chi connectivity index (χ0) is 9.14. The molecule has 0 amide bonds. The second-order valence-electron chi connectivity index (χ2n) is 2.30. The summed E-state index contributed by atoms with van der Waals surface area (Å²) in [7, 11) is 0. The quantitative estimate of drug-likeness (QED) is 0.710. The second-order valence-corrected chi connectivity index (χ2v) is 3.14. The molecule has 12 heavy (non-hydrogen) atoms. The lowest BCUT2D eigenvalue weighted by atomic mass is 10.1. The zero-order valence-corrected chi connectivity index (χ0v) is 7.65. The number of nitriles is 1. The molecule has 0 aliphatic heterocycles. The summed E-state index contributed by atoms with van der Waals surface area (Å²) in [5, 5.41) is 9.33. The molecule has 1 aromatic carbocycles. The summed E-state index contributed by atoms with van der Waals surface area (Å²) in [4.78, 5) is 0. The number of benzene rings is 1. The Morgan fingerprint density at radius 2 is 2.08 bits per heavy atom. The van der Waals surface area contributed by atoms with Crippen LogP contribution in [0.25, 0.3) is 0 Å². The van der Waals surface area contributed by atoms with E-state index in [4.69, 9.17) is 34.2 Å². The van der Waals surface area contributed by atoms with Gasteiger partial charge in [0.25, 0.3) is 0 Å². The van der Waals surface area contributed by atoms with Crippen molar-refractivity contribution in [2.24, 2.45) is 0 Å². The van der Waals surface area contributed by atoms with Crippen molar-refractivity contribution in [2.75, 3.05) is 5.73 Å². The van der Waals surface area contributed by atoms with E-state index in [1.165, 1.54) is 0 Å². The molecule has 0 saturated carbocycles. The van der Waals surface area contributed by atoms with E-state index in [1.807, 2.05) is 6.07 Å². The molecule has 0 spiro atoms. The Morgan fingerprint density at radius 3 is 2.67 bits per heavy atom. The Bertz CT molecular complexity index is 342. The Kier molecular flexibility index (Phi) is 2.80. The minimum absolute atomic E-state index is 0.228. The van der Waals surface area contributed by atoms with Crippen LogP contribution in [0.3, 0.4) is 0 Å². The molecule has 0 atom stereocenters. The molecule has 0 aromatic heterocycles. The van der Waals surface area contributed by atoms with Crippen LogP contribution in [0, 0.1) is 11.3 Å². The minimum Gasteiger partial charge on any atom is -0.397 e. The highest BCUT2D eigenvalue weighted by atomic mass is 35.5. The van der Waals surface area contributed by atoms with Crippen LogP contribution in [-0.2, 0) is 6.42 Å². The van der Waals surface area contributed by atoms with Crippen LogP contribution >= 0.6 is 23.2 Å². The van der Waals surface area contributed by atoms with E-state index in [0.717, 1.165) is 0 Å². The molecule has 2 nitrogen and oxygen atoms in total. The highest BCUT2D eigenvalue weighted by Gasteiger charge is 2.04. The van der Waals surface area contributed by atoms with Gasteiger partial charge in [-0.3, -0.25) is 0 Å². The van der Waals surface area contributed by atoms with Gasteiger partial charge >= 0.3 is 0 Å². The molecule has 0 fully saturated rings. The van der Waals surface area contributed by atoms with Gasteiger partial charge in [-0.25, -0.2) is 0 Å². The maximum absolute atomic E-state index is 8.43. The highest BCUT2D eigenvalue weighted by Crippen LogP contribution is 2.27. The Hall–Kier alpha value is -0.910. The van der Waals surface area contributed by atoms with Crippen molar-refractivity contribution in [1.82, 2.24) is 0 Å². The van der Waals surface area contributed by atoms with Crippen LogP contribution < -0.4 is 5.73 Å². The predicted molar refractivity (Wildman–Crippen MR) is 50.2 cm³/mol. The normalized spacial score (nSPS) is 9.42. The fourth-order valence-corrected chi connectivity index (χ4v) is 1.41. The van der Waals surface area contributed by atoms with E-state index >= 15 is 0 Å². The average Bonchev–Trinajstić information content (AvgIpc) is 2.00.